The highest BCUT2D eigenvalue weighted by molar-refractivity contribution is 5.35. The molecule has 0 aromatic carbocycles. The van der Waals surface area contributed by atoms with Gasteiger partial charge in [0.1, 0.15) is 0 Å². The van der Waals surface area contributed by atoms with E-state index in [-0.39, 0.29) is 0 Å². The van der Waals surface area contributed by atoms with Crippen LogP contribution in [-0.4, -0.2) is 14.6 Å². The van der Waals surface area contributed by atoms with Crippen LogP contribution in [0.3, 0.4) is 0 Å². The van der Waals surface area contributed by atoms with Crippen molar-refractivity contribution in [1.82, 2.24) is 14.6 Å². The van der Waals surface area contributed by atoms with Gasteiger partial charge >= 0.3 is 0 Å². The number of rotatable bonds is 2. The maximum Gasteiger partial charge on any atom is 0.154 e. The molecule has 2 heterocycles. The molecule has 0 amide bonds. The fraction of sp³-hybridized carbons (Fsp3) is 0.400. The number of fused-ring (bicyclic) bond motifs is 1. The van der Waals surface area contributed by atoms with E-state index in [0.29, 0.717) is 5.92 Å². The van der Waals surface area contributed by atoms with E-state index in [4.69, 9.17) is 0 Å². The molecule has 2 aromatic rings. The van der Waals surface area contributed by atoms with Crippen LogP contribution in [0.5, 0.6) is 0 Å². The van der Waals surface area contributed by atoms with Crippen molar-refractivity contribution in [3.8, 4) is 0 Å². The number of hydrogen-bond donors (Lipinski definition) is 0. The van der Waals surface area contributed by atoms with Gasteiger partial charge in [-0.3, -0.25) is 0 Å². The Morgan fingerprint density at radius 2 is 2.31 bits per heavy atom. The van der Waals surface area contributed by atoms with Crippen molar-refractivity contribution in [2.24, 2.45) is 5.92 Å². The molecule has 3 heteroatoms. The highest BCUT2D eigenvalue weighted by Gasteiger charge is 2.00. The number of nitrogens with zero attached hydrogens (tertiary/aromatic N) is 3. The van der Waals surface area contributed by atoms with E-state index in [1.165, 1.54) is 5.56 Å². The molecule has 2 aromatic heterocycles. The van der Waals surface area contributed by atoms with Gasteiger partial charge in [0.15, 0.2) is 5.65 Å². The van der Waals surface area contributed by atoms with Crippen LogP contribution in [0.2, 0.25) is 0 Å². The van der Waals surface area contributed by atoms with Crippen molar-refractivity contribution in [2.45, 2.75) is 20.3 Å². The summed E-state index contributed by atoms with van der Waals surface area (Å²) in [5, 5.41) is 4.14. The second-order valence-electron chi connectivity index (χ2n) is 3.69. The normalized spacial score (nSPS) is 11.3. The van der Waals surface area contributed by atoms with E-state index in [0.717, 1.165) is 12.1 Å². The highest BCUT2D eigenvalue weighted by Crippen LogP contribution is 2.07. The van der Waals surface area contributed by atoms with Crippen LogP contribution in [0.1, 0.15) is 19.4 Å². The van der Waals surface area contributed by atoms with Crippen LogP contribution in [0, 0.1) is 5.92 Å². The lowest BCUT2D eigenvalue weighted by Crippen LogP contribution is -1.98. The monoisotopic (exact) mass is 175 g/mol. The summed E-state index contributed by atoms with van der Waals surface area (Å²) in [7, 11) is 0. The van der Waals surface area contributed by atoms with E-state index in [9.17, 15) is 0 Å². The SMILES string of the molecule is CC(C)Cc1cnc2ccnn2c1. The van der Waals surface area contributed by atoms with E-state index < -0.39 is 0 Å². The molecule has 0 saturated heterocycles. The average Bonchev–Trinajstić information content (AvgIpc) is 2.49. The molecule has 0 spiro atoms. The van der Waals surface area contributed by atoms with Crippen LogP contribution in [-0.2, 0) is 6.42 Å². The van der Waals surface area contributed by atoms with Gasteiger partial charge in [-0.25, -0.2) is 9.50 Å². The van der Waals surface area contributed by atoms with Crippen LogP contribution < -0.4 is 0 Å². The second-order valence-corrected chi connectivity index (χ2v) is 3.69. The van der Waals surface area contributed by atoms with Crippen LogP contribution in [0.25, 0.3) is 5.65 Å². The molecular weight excluding hydrogens is 162 g/mol. The van der Waals surface area contributed by atoms with Gasteiger partial charge in [0, 0.05) is 18.5 Å². The van der Waals surface area contributed by atoms with Gasteiger partial charge in [-0.15, -0.1) is 0 Å². The fourth-order valence-electron chi connectivity index (χ4n) is 1.43. The predicted molar refractivity (Wildman–Crippen MR) is 51.5 cm³/mol. The zero-order valence-electron chi connectivity index (χ0n) is 7.94. The summed E-state index contributed by atoms with van der Waals surface area (Å²) < 4.78 is 1.82. The standard InChI is InChI=1S/C10H13N3/c1-8(2)5-9-6-11-10-3-4-12-13(10)7-9/h3-4,6-8H,5H2,1-2H3. The van der Waals surface area contributed by atoms with Gasteiger partial charge < -0.3 is 0 Å². The first-order chi connectivity index (χ1) is 6.25. The molecule has 3 nitrogen and oxygen atoms in total. The van der Waals surface area contributed by atoms with Gasteiger partial charge in [0.2, 0.25) is 0 Å². The third-order valence-corrected chi connectivity index (χ3v) is 1.94. The molecule has 0 fully saturated rings. The molecule has 0 aliphatic heterocycles. The van der Waals surface area contributed by atoms with Gasteiger partial charge in [-0.05, 0) is 17.9 Å². The van der Waals surface area contributed by atoms with Gasteiger partial charge in [0.05, 0.1) is 6.20 Å². The minimum Gasteiger partial charge on any atom is -0.237 e. The number of aromatic nitrogens is 3. The Morgan fingerprint density at radius 3 is 3.08 bits per heavy atom. The van der Waals surface area contributed by atoms with Gasteiger partial charge in [-0.2, -0.15) is 5.10 Å². The molecule has 2 rings (SSSR count). The van der Waals surface area contributed by atoms with E-state index in [1.807, 2.05) is 23.0 Å². The maximum atomic E-state index is 4.29. The van der Waals surface area contributed by atoms with Crippen LogP contribution >= 0.6 is 0 Å². The fourth-order valence-corrected chi connectivity index (χ4v) is 1.43. The van der Waals surface area contributed by atoms with Gasteiger partial charge in [-0.1, -0.05) is 13.8 Å². The summed E-state index contributed by atoms with van der Waals surface area (Å²) in [6.07, 6.45) is 6.80. The summed E-state index contributed by atoms with van der Waals surface area (Å²) in [5.41, 5.74) is 2.15. The maximum absolute atomic E-state index is 4.29. The predicted octanol–water partition coefficient (Wildman–Crippen LogP) is 1.93. The second kappa shape index (κ2) is 3.17. The Labute approximate surface area is 77.4 Å². The van der Waals surface area contributed by atoms with Crippen molar-refractivity contribution in [3.05, 3.63) is 30.2 Å². The Balaban J connectivity index is 2.37. The quantitative estimate of drug-likeness (QED) is 0.698. The van der Waals surface area contributed by atoms with Crippen molar-refractivity contribution in [2.75, 3.05) is 0 Å². The summed E-state index contributed by atoms with van der Waals surface area (Å²) in [6, 6.07) is 1.90. The lowest BCUT2D eigenvalue weighted by atomic mass is 10.1. The lowest BCUT2D eigenvalue weighted by Gasteiger charge is -2.03. The van der Waals surface area contributed by atoms with E-state index >= 15 is 0 Å². The molecule has 13 heavy (non-hydrogen) atoms. The molecule has 0 radical (unpaired) electrons. The van der Waals surface area contributed by atoms with Crippen molar-refractivity contribution < 1.29 is 0 Å². The van der Waals surface area contributed by atoms with Crippen molar-refractivity contribution in [1.29, 1.82) is 0 Å². The van der Waals surface area contributed by atoms with Crippen LogP contribution in [0.15, 0.2) is 24.7 Å². The smallest absolute Gasteiger partial charge is 0.154 e. The average molecular weight is 175 g/mol. The molecule has 0 unspecified atom stereocenters. The molecule has 68 valence electrons. The first kappa shape index (κ1) is 8.23. The Bertz CT molecular complexity index is 403. The van der Waals surface area contributed by atoms with Gasteiger partial charge in [0.25, 0.3) is 0 Å². The molecule has 0 N–H and O–H groups in total. The molecular formula is C10H13N3. The Hall–Kier alpha value is -1.38. The molecule has 0 bridgehead atoms. The summed E-state index contributed by atoms with van der Waals surface area (Å²) in [5.74, 6) is 0.662. The largest absolute Gasteiger partial charge is 0.237 e. The molecule has 0 aliphatic rings. The minimum absolute atomic E-state index is 0.662. The van der Waals surface area contributed by atoms with Crippen molar-refractivity contribution in [3.63, 3.8) is 0 Å². The minimum atomic E-state index is 0.662. The summed E-state index contributed by atoms with van der Waals surface area (Å²) >= 11 is 0. The third-order valence-electron chi connectivity index (χ3n) is 1.94. The topological polar surface area (TPSA) is 30.2 Å². The number of hydrogen-bond acceptors (Lipinski definition) is 2. The first-order valence-electron chi connectivity index (χ1n) is 4.54. The first-order valence-corrected chi connectivity index (χ1v) is 4.54. The zero-order chi connectivity index (χ0) is 9.26. The molecule has 0 aliphatic carbocycles. The Kier molecular flexibility index (Phi) is 2.00. The van der Waals surface area contributed by atoms with Crippen molar-refractivity contribution >= 4 is 5.65 Å². The summed E-state index contributed by atoms with van der Waals surface area (Å²) in [6.45, 7) is 4.40. The van der Waals surface area contributed by atoms with E-state index in [1.54, 1.807) is 6.20 Å². The Morgan fingerprint density at radius 1 is 1.46 bits per heavy atom. The summed E-state index contributed by atoms with van der Waals surface area (Å²) in [4.78, 5) is 4.29. The molecule has 0 atom stereocenters. The zero-order valence-corrected chi connectivity index (χ0v) is 7.94. The molecule has 0 saturated carbocycles. The van der Waals surface area contributed by atoms with E-state index in [2.05, 4.69) is 23.9 Å². The lowest BCUT2D eigenvalue weighted by molar-refractivity contribution is 0.641. The highest BCUT2D eigenvalue weighted by atomic mass is 15.2. The third kappa shape index (κ3) is 1.69. The van der Waals surface area contributed by atoms with Crippen LogP contribution in [0.4, 0.5) is 0 Å².